The summed E-state index contributed by atoms with van der Waals surface area (Å²) in [5.41, 5.74) is 1.10. The fraction of sp³-hybridized carbons (Fsp3) is 0.417. The Morgan fingerprint density at radius 1 is 1.06 bits per heavy atom. The predicted octanol–water partition coefficient (Wildman–Crippen LogP) is 5.14. The van der Waals surface area contributed by atoms with Crippen LogP contribution in [-0.2, 0) is 16.0 Å². The first-order valence-corrected chi connectivity index (χ1v) is 11.3. The van der Waals surface area contributed by atoms with Gasteiger partial charge in [0.25, 0.3) is 5.91 Å². The molecule has 31 heavy (non-hydrogen) atoms. The van der Waals surface area contributed by atoms with Crippen LogP contribution in [-0.4, -0.2) is 41.9 Å². The van der Waals surface area contributed by atoms with Crippen LogP contribution in [0.2, 0.25) is 10.0 Å². The second-order valence-corrected chi connectivity index (χ2v) is 8.27. The van der Waals surface area contributed by atoms with Crippen molar-refractivity contribution in [2.24, 2.45) is 0 Å². The van der Waals surface area contributed by atoms with Crippen molar-refractivity contribution in [2.45, 2.75) is 52.1 Å². The van der Waals surface area contributed by atoms with E-state index in [1.165, 1.54) is 0 Å². The van der Waals surface area contributed by atoms with Gasteiger partial charge in [-0.2, -0.15) is 0 Å². The summed E-state index contributed by atoms with van der Waals surface area (Å²) in [5, 5.41) is 3.81. The minimum absolute atomic E-state index is 0.0387. The Kier molecular flexibility index (Phi) is 10.2. The second-order valence-electron chi connectivity index (χ2n) is 7.43. The van der Waals surface area contributed by atoms with E-state index in [0.29, 0.717) is 35.2 Å². The molecule has 2 aromatic carbocycles. The van der Waals surface area contributed by atoms with Crippen molar-refractivity contribution in [1.82, 2.24) is 10.2 Å². The molecule has 7 heteroatoms. The highest BCUT2D eigenvalue weighted by atomic mass is 35.5. The number of amides is 2. The van der Waals surface area contributed by atoms with Crippen LogP contribution in [0, 0.1) is 0 Å². The summed E-state index contributed by atoms with van der Waals surface area (Å²) >= 11 is 12.1. The molecule has 0 aliphatic heterocycles. The lowest BCUT2D eigenvalue weighted by atomic mass is 10.1. The molecule has 0 spiro atoms. The highest BCUT2D eigenvalue weighted by Crippen LogP contribution is 2.27. The number of ether oxygens (including phenoxy) is 1. The van der Waals surface area contributed by atoms with Gasteiger partial charge in [-0.05, 0) is 49.9 Å². The first-order chi connectivity index (χ1) is 14.8. The van der Waals surface area contributed by atoms with Gasteiger partial charge >= 0.3 is 0 Å². The maximum atomic E-state index is 13.1. The Morgan fingerprint density at radius 3 is 2.39 bits per heavy atom. The first kappa shape index (κ1) is 25.0. The monoisotopic (exact) mass is 464 g/mol. The van der Waals surface area contributed by atoms with Crippen molar-refractivity contribution in [1.29, 1.82) is 0 Å². The van der Waals surface area contributed by atoms with E-state index in [4.69, 9.17) is 27.9 Å². The van der Waals surface area contributed by atoms with Gasteiger partial charge in [0.05, 0.1) is 5.02 Å². The third kappa shape index (κ3) is 7.75. The van der Waals surface area contributed by atoms with E-state index in [9.17, 15) is 9.59 Å². The van der Waals surface area contributed by atoms with Crippen molar-refractivity contribution in [3.63, 3.8) is 0 Å². The number of benzene rings is 2. The summed E-state index contributed by atoms with van der Waals surface area (Å²) < 4.78 is 5.65. The lowest BCUT2D eigenvalue weighted by molar-refractivity contribution is -0.142. The van der Waals surface area contributed by atoms with Gasteiger partial charge in [-0.3, -0.25) is 9.59 Å². The van der Waals surface area contributed by atoms with Crippen LogP contribution in [0.3, 0.4) is 0 Å². The quantitative estimate of drug-likeness (QED) is 0.500. The lowest BCUT2D eigenvalue weighted by Gasteiger charge is -2.31. The normalized spacial score (nSPS) is 12.7. The number of hydrogen-bond acceptors (Lipinski definition) is 3. The van der Waals surface area contributed by atoms with Gasteiger partial charge in [0, 0.05) is 17.6 Å². The Hall–Kier alpha value is -2.24. The van der Waals surface area contributed by atoms with E-state index in [0.717, 1.165) is 12.0 Å². The molecular weight excluding hydrogens is 435 g/mol. The van der Waals surface area contributed by atoms with Crippen molar-refractivity contribution in [2.75, 3.05) is 13.2 Å². The molecule has 2 rings (SSSR count). The molecule has 168 valence electrons. The average Bonchev–Trinajstić information content (AvgIpc) is 2.76. The summed E-state index contributed by atoms with van der Waals surface area (Å²) in [7, 11) is 0. The minimum atomic E-state index is -0.575. The van der Waals surface area contributed by atoms with Crippen LogP contribution in [0.1, 0.15) is 39.2 Å². The summed E-state index contributed by atoms with van der Waals surface area (Å²) in [6.45, 7) is 6.05. The zero-order chi connectivity index (χ0) is 22.8. The van der Waals surface area contributed by atoms with Crippen LogP contribution >= 0.6 is 23.2 Å². The van der Waals surface area contributed by atoms with E-state index in [1.807, 2.05) is 51.1 Å². The zero-order valence-electron chi connectivity index (χ0n) is 18.2. The predicted molar refractivity (Wildman–Crippen MR) is 126 cm³/mol. The highest BCUT2D eigenvalue weighted by molar-refractivity contribution is 6.35. The molecule has 0 unspecified atom stereocenters. The Bertz CT molecular complexity index is 861. The van der Waals surface area contributed by atoms with Crippen LogP contribution in [0.4, 0.5) is 0 Å². The lowest BCUT2D eigenvalue weighted by Crippen LogP contribution is -2.52. The standard InChI is InChI=1S/C24H30Cl2N2O3/c1-4-17(3)27-24(30)21(5-2)28(14-13-18-9-7-6-8-10-18)23(29)16-31-22-12-11-19(25)15-20(22)26/h6-12,15,17,21H,4-5,13-14,16H2,1-3H3,(H,27,30)/t17-,21+/m0/s1. The fourth-order valence-corrected chi connectivity index (χ4v) is 3.61. The SMILES string of the molecule is CC[C@H](C(=O)N[C@@H](C)CC)N(CCc1ccccc1)C(=O)COc1ccc(Cl)cc1Cl. The molecule has 2 amide bonds. The van der Waals surface area contributed by atoms with Crippen molar-refractivity contribution in [3.8, 4) is 5.75 Å². The van der Waals surface area contributed by atoms with E-state index >= 15 is 0 Å². The molecule has 5 nitrogen and oxygen atoms in total. The molecule has 1 N–H and O–H groups in total. The number of rotatable bonds is 11. The maximum Gasteiger partial charge on any atom is 0.261 e. The summed E-state index contributed by atoms with van der Waals surface area (Å²) in [4.78, 5) is 27.6. The third-order valence-electron chi connectivity index (χ3n) is 5.12. The minimum Gasteiger partial charge on any atom is -0.482 e. The molecule has 2 aromatic rings. The number of hydrogen-bond donors (Lipinski definition) is 1. The summed E-state index contributed by atoms with van der Waals surface area (Å²) in [5.74, 6) is -0.0459. The molecule has 0 heterocycles. The Labute approximate surface area is 194 Å². The van der Waals surface area contributed by atoms with Crippen LogP contribution in [0.25, 0.3) is 0 Å². The van der Waals surface area contributed by atoms with Gasteiger partial charge in [0.1, 0.15) is 11.8 Å². The number of nitrogens with one attached hydrogen (secondary N) is 1. The number of halogens is 2. The fourth-order valence-electron chi connectivity index (χ4n) is 3.15. The van der Waals surface area contributed by atoms with Gasteiger partial charge in [-0.25, -0.2) is 0 Å². The highest BCUT2D eigenvalue weighted by Gasteiger charge is 2.29. The second kappa shape index (κ2) is 12.6. The zero-order valence-corrected chi connectivity index (χ0v) is 19.7. The third-order valence-corrected chi connectivity index (χ3v) is 5.65. The molecule has 0 aliphatic rings. The van der Waals surface area contributed by atoms with E-state index in [1.54, 1.807) is 23.1 Å². The molecule has 0 bridgehead atoms. The maximum absolute atomic E-state index is 13.1. The smallest absolute Gasteiger partial charge is 0.261 e. The average molecular weight is 465 g/mol. The number of nitrogens with zero attached hydrogens (tertiary/aromatic N) is 1. The van der Waals surface area contributed by atoms with E-state index in [-0.39, 0.29) is 24.5 Å². The molecule has 0 radical (unpaired) electrons. The largest absolute Gasteiger partial charge is 0.482 e. The summed E-state index contributed by atoms with van der Waals surface area (Å²) in [6, 6.07) is 14.2. The Morgan fingerprint density at radius 2 is 1.77 bits per heavy atom. The molecule has 0 fully saturated rings. The number of carbonyl (C=O) groups is 2. The molecule has 0 saturated carbocycles. The van der Waals surface area contributed by atoms with Gasteiger partial charge in [0.15, 0.2) is 6.61 Å². The first-order valence-electron chi connectivity index (χ1n) is 10.6. The summed E-state index contributed by atoms with van der Waals surface area (Å²) in [6.07, 6.45) is 1.96. The van der Waals surface area contributed by atoms with Crippen LogP contribution in [0.5, 0.6) is 5.75 Å². The van der Waals surface area contributed by atoms with Gasteiger partial charge < -0.3 is 15.0 Å². The van der Waals surface area contributed by atoms with Gasteiger partial charge in [-0.15, -0.1) is 0 Å². The molecular formula is C24H30Cl2N2O3. The molecule has 0 aromatic heterocycles. The van der Waals surface area contributed by atoms with E-state index < -0.39 is 6.04 Å². The van der Waals surface area contributed by atoms with Crippen LogP contribution < -0.4 is 10.1 Å². The Balaban J connectivity index is 2.15. The molecule has 2 atom stereocenters. The molecule has 0 saturated heterocycles. The van der Waals surface area contributed by atoms with Gasteiger partial charge in [0.2, 0.25) is 5.91 Å². The van der Waals surface area contributed by atoms with E-state index in [2.05, 4.69) is 5.32 Å². The number of carbonyl (C=O) groups excluding carboxylic acids is 2. The van der Waals surface area contributed by atoms with Crippen molar-refractivity contribution < 1.29 is 14.3 Å². The van der Waals surface area contributed by atoms with Crippen molar-refractivity contribution >= 4 is 35.0 Å². The topological polar surface area (TPSA) is 58.6 Å². The van der Waals surface area contributed by atoms with Crippen LogP contribution in [0.15, 0.2) is 48.5 Å². The van der Waals surface area contributed by atoms with Crippen molar-refractivity contribution in [3.05, 3.63) is 64.1 Å². The molecule has 0 aliphatic carbocycles. The van der Waals surface area contributed by atoms with Gasteiger partial charge in [-0.1, -0.05) is 67.4 Å².